The van der Waals surface area contributed by atoms with Crippen molar-refractivity contribution in [1.82, 2.24) is 15.1 Å². The number of hydrogen-bond acceptors (Lipinski definition) is 4. The van der Waals surface area contributed by atoms with E-state index in [0.717, 1.165) is 39.1 Å². The molecule has 0 aromatic carbocycles. The van der Waals surface area contributed by atoms with Crippen molar-refractivity contribution in [1.29, 1.82) is 0 Å². The number of nitrogens with zero attached hydrogens (tertiary/aromatic N) is 2. The molecule has 5 nitrogen and oxygen atoms in total. The predicted molar refractivity (Wildman–Crippen MR) is 77.6 cm³/mol. The fourth-order valence-corrected chi connectivity index (χ4v) is 3.75. The van der Waals surface area contributed by atoms with Crippen LogP contribution in [0.3, 0.4) is 0 Å². The van der Waals surface area contributed by atoms with Crippen LogP contribution in [0.2, 0.25) is 0 Å². The summed E-state index contributed by atoms with van der Waals surface area (Å²) in [6.07, 6.45) is 4.71. The number of carbonyl (C=O) groups is 1. The van der Waals surface area contributed by atoms with Gasteiger partial charge in [-0.3, -0.25) is 9.69 Å². The number of carbonyl (C=O) groups excluding carboxylic acids is 1. The summed E-state index contributed by atoms with van der Waals surface area (Å²) in [5.74, 6) is 0.587. The Morgan fingerprint density at radius 2 is 1.80 bits per heavy atom. The third-order valence-corrected chi connectivity index (χ3v) is 4.95. The van der Waals surface area contributed by atoms with Gasteiger partial charge in [0.25, 0.3) is 0 Å². The van der Waals surface area contributed by atoms with Gasteiger partial charge in [-0.25, -0.2) is 0 Å². The van der Waals surface area contributed by atoms with Gasteiger partial charge in [0, 0.05) is 25.7 Å². The standard InChI is InChI=1S/C15H27N3O2/c19-15(17-8-10-20-11-9-17)13-2-1-7-18(12-13)14-3-5-16-6-4-14/h13-14,16H,1-12H2/t13-/m0/s1. The normalized spacial score (nSPS) is 30.4. The molecule has 3 fully saturated rings. The van der Waals surface area contributed by atoms with Gasteiger partial charge < -0.3 is 15.0 Å². The van der Waals surface area contributed by atoms with Crippen molar-refractivity contribution in [3.63, 3.8) is 0 Å². The van der Waals surface area contributed by atoms with Crippen molar-refractivity contribution >= 4 is 5.91 Å². The van der Waals surface area contributed by atoms with E-state index >= 15 is 0 Å². The maximum Gasteiger partial charge on any atom is 0.227 e. The Morgan fingerprint density at radius 3 is 2.55 bits per heavy atom. The second kappa shape index (κ2) is 6.87. The largest absolute Gasteiger partial charge is 0.378 e. The summed E-state index contributed by atoms with van der Waals surface area (Å²) in [4.78, 5) is 17.2. The summed E-state index contributed by atoms with van der Waals surface area (Å²) in [6.45, 7) is 7.38. The van der Waals surface area contributed by atoms with Crippen LogP contribution in [-0.4, -0.2) is 74.2 Å². The van der Waals surface area contributed by atoms with E-state index in [1.165, 1.54) is 25.8 Å². The Morgan fingerprint density at radius 1 is 1.05 bits per heavy atom. The topological polar surface area (TPSA) is 44.8 Å². The third kappa shape index (κ3) is 3.32. The molecule has 0 aromatic heterocycles. The van der Waals surface area contributed by atoms with Crippen LogP contribution in [0.25, 0.3) is 0 Å². The predicted octanol–water partition coefficient (Wildman–Crippen LogP) is 0.309. The van der Waals surface area contributed by atoms with Crippen molar-refractivity contribution < 1.29 is 9.53 Å². The van der Waals surface area contributed by atoms with Crippen molar-refractivity contribution in [2.75, 3.05) is 52.5 Å². The molecule has 3 saturated heterocycles. The highest BCUT2D eigenvalue weighted by atomic mass is 16.5. The zero-order valence-electron chi connectivity index (χ0n) is 12.4. The first kappa shape index (κ1) is 14.3. The quantitative estimate of drug-likeness (QED) is 0.791. The molecule has 5 heteroatoms. The first-order valence-electron chi connectivity index (χ1n) is 8.16. The smallest absolute Gasteiger partial charge is 0.227 e. The maximum absolute atomic E-state index is 12.6. The van der Waals surface area contributed by atoms with Gasteiger partial charge in [-0.2, -0.15) is 0 Å². The van der Waals surface area contributed by atoms with Gasteiger partial charge in [-0.05, 0) is 45.3 Å². The first-order chi connectivity index (χ1) is 9.84. The number of piperidine rings is 2. The number of amides is 1. The van der Waals surface area contributed by atoms with E-state index in [2.05, 4.69) is 10.2 Å². The highest BCUT2D eigenvalue weighted by Gasteiger charge is 2.32. The summed E-state index contributed by atoms with van der Waals surface area (Å²) in [7, 11) is 0. The molecule has 3 aliphatic rings. The minimum absolute atomic E-state index is 0.219. The number of morpholine rings is 1. The van der Waals surface area contributed by atoms with Crippen LogP contribution in [0.15, 0.2) is 0 Å². The Labute approximate surface area is 121 Å². The van der Waals surface area contributed by atoms with Crippen LogP contribution in [-0.2, 0) is 9.53 Å². The van der Waals surface area contributed by atoms with Gasteiger partial charge in [0.15, 0.2) is 0 Å². The Balaban J connectivity index is 1.55. The minimum Gasteiger partial charge on any atom is -0.378 e. The molecular formula is C15H27N3O2. The van der Waals surface area contributed by atoms with E-state index < -0.39 is 0 Å². The molecule has 0 saturated carbocycles. The number of rotatable bonds is 2. The van der Waals surface area contributed by atoms with Crippen LogP contribution in [0, 0.1) is 5.92 Å². The average Bonchev–Trinajstić information content (AvgIpc) is 2.56. The van der Waals surface area contributed by atoms with Crippen molar-refractivity contribution in [3.8, 4) is 0 Å². The summed E-state index contributed by atoms with van der Waals surface area (Å²) in [6, 6.07) is 0.691. The first-order valence-corrected chi connectivity index (χ1v) is 8.16. The lowest BCUT2D eigenvalue weighted by Crippen LogP contribution is -2.52. The molecule has 3 aliphatic heterocycles. The summed E-state index contributed by atoms with van der Waals surface area (Å²) in [5.41, 5.74) is 0. The Hall–Kier alpha value is -0.650. The number of hydrogen-bond donors (Lipinski definition) is 1. The zero-order chi connectivity index (χ0) is 13.8. The molecule has 3 heterocycles. The third-order valence-electron chi connectivity index (χ3n) is 4.95. The van der Waals surface area contributed by atoms with E-state index in [1.54, 1.807) is 0 Å². The second-order valence-electron chi connectivity index (χ2n) is 6.25. The lowest BCUT2D eigenvalue weighted by atomic mass is 9.93. The van der Waals surface area contributed by atoms with Crippen LogP contribution in [0.1, 0.15) is 25.7 Å². The second-order valence-corrected chi connectivity index (χ2v) is 6.25. The van der Waals surface area contributed by atoms with E-state index in [1.807, 2.05) is 4.90 Å². The lowest BCUT2D eigenvalue weighted by Gasteiger charge is -2.41. The highest BCUT2D eigenvalue weighted by Crippen LogP contribution is 2.24. The van der Waals surface area contributed by atoms with Crippen LogP contribution >= 0.6 is 0 Å². The molecule has 0 unspecified atom stereocenters. The molecule has 0 aromatic rings. The fraction of sp³-hybridized carbons (Fsp3) is 0.933. The summed E-state index contributed by atoms with van der Waals surface area (Å²) in [5, 5.41) is 3.42. The molecule has 0 radical (unpaired) electrons. The zero-order valence-corrected chi connectivity index (χ0v) is 12.4. The molecule has 3 rings (SSSR count). The van der Waals surface area contributed by atoms with Gasteiger partial charge in [-0.15, -0.1) is 0 Å². The van der Waals surface area contributed by atoms with E-state index in [0.29, 0.717) is 25.2 Å². The summed E-state index contributed by atoms with van der Waals surface area (Å²) < 4.78 is 5.34. The van der Waals surface area contributed by atoms with Crippen LogP contribution in [0.5, 0.6) is 0 Å². The van der Waals surface area contributed by atoms with Crippen LogP contribution < -0.4 is 5.32 Å². The van der Waals surface area contributed by atoms with Crippen molar-refractivity contribution in [3.05, 3.63) is 0 Å². The number of nitrogens with one attached hydrogen (secondary N) is 1. The molecule has 20 heavy (non-hydrogen) atoms. The van der Waals surface area contributed by atoms with Gasteiger partial charge in [0.05, 0.1) is 19.1 Å². The molecule has 1 atom stereocenters. The fourth-order valence-electron chi connectivity index (χ4n) is 3.75. The highest BCUT2D eigenvalue weighted by molar-refractivity contribution is 5.79. The molecule has 0 bridgehead atoms. The Bertz CT molecular complexity index is 325. The Kier molecular flexibility index (Phi) is 4.91. The molecule has 114 valence electrons. The average molecular weight is 281 g/mol. The maximum atomic E-state index is 12.6. The molecule has 0 spiro atoms. The van der Waals surface area contributed by atoms with Gasteiger partial charge in [-0.1, -0.05) is 0 Å². The minimum atomic E-state index is 0.219. The summed E-state index contributed by atoms with van der Waals surface area (Å²) >= 11 is 0. The number of ether oxygens (including phenoxy) is 1. The number of likely N-dealkylation sites (tertiary alicyclic amines) is 1. The van der Waals surface area contributed by atoms with Crippen molar-refractivity contribution in [2.45, 2.75) is 31.7 Å². The van der Waals surface area contributed by atoms with E-state index in [9.17, 15) is 4.79 Å². The van der Waals surface area contributed by atoms with E-state index in [4.69, 9.17) is 4.74 Å². The molecule has 1 amide bonds. The van der Waals surface area contributed by atoms with Crippen LogP contribution in [0.4, 0.5) is 0 Å². The van der Waals surface area contributed by atoms with Gasteiger partial charge >= 0.3 is 0 Å². The molecular weight excluding hydrogens is 254 g/mol. The van der Waals surface area contributed by atoms with Gasteiger partial charge in [0.1, 0.15) is 0 Å². The van der Waals surface area contributed by atoms with E-state index in [-0.39, 0.29) is 5.92 Å². The van der Waals surface area contributed by atoms with Crippen molar-refractivity contribution in [2.24, 2.45) is 5.92 Å². The lowest BCUT2D eigenvalue weighted by molar-refractivity contribution is -0.141. The molecule has 1 N–H and O–H groups in total. The molecule has 0 aliphatic carbocycles. The van der Waals surface area contributed by atoms with Gasteiger partial charge in [0.2, 0.25) is 5.91 Å². The monoisotopic (exact) mass is 281 g/mol. The SMILES string of the molecule is O=C([C@H]1CCCN(C2CCNCC2)C1)N1CCOCC1.